The van der Waals surface area contributed by atoms with Gasteiger partial charge in [-0.1, -0.05) is 78.1 Å². The lowest BCUT2D eigenvalue weighted by molar-refractivity contribution is 0.0141. The monoisotopic (exact) mass is 1780 g/mol. The first-order chi connectivity index (χ1) is 59.8. The highest BCUT2D eigenvalue weighted by Crippen LogP contribution is 2.45. The molecule has 9 aromatic rings. The third-order valence-electron chi connectivity index (χ3n) is 22.8. The number of benzene rings is 6. The number of nitrogens with one attached hydrogen (secondary N) is 6. The predicted molar refractivity (Wildman–Crippen MR) is 456 cm³/mol. The molecule has 660 valence electrons. The number of ether oxygens (including phenoxy) is 7. The van der Waals surface area contributed by atoms with Crippen LogP contribution in [0.15, 0.2) is 110 Å². The van der Waals surface area contributed by atoms with E-state index < -0.39 is 59.6 Å². The number of methoxy groups -OCH3 is 4. The summed E-state index contributed by atoms with van der Waals surface area (Å²) < 4.78 is 114. The number of aromatic nitrogens is 6. The van der Waals surface area contributed by atoms with Crippen molar-refractivity contribution in [2.75, 3.05) is 125 Å². The molecule has 3 saturated heterocycles. The molecular weight excluding hydrogens is 1690 g/mol. The average molecular weight is 1790 g/mol. The van der Waals surface area contributed by atoms with Crippen molar-refractivity contribution in [1.82, 2.24) is 75.3 Å². The van der Waals surface area contributed by atoms with Crippen molar-refractivity contribution >= 4 is 105 Å². The molecule has 0 aliphatic carbocycles. The minimum absolute atomic E-state index is 0.00108. The Morgan fingerprint density at radius 1 is 0.448 bits per heavy atom. The Labute approximate surface area is 731 Å². The van der Waals surface area contributed by atoms with Crippen LogP contribution in [0.25, 0.3) is 0 Å². The number of carbonyl (C=O) groups is 6. The van der Waals surface area contributed by atoms with Gasteiger partial charge in [-0.2, -0.15) is 15.0 Å². The van der Waals surface area contributed by atoms with Crippen molar-refractivity contribution in [3.8, 4) is 52.1 Å². The van der Waals surface area contributed by atoms with E-state index in [1.54, 1.807) is 86.4 Å². The van der Waals surface area contributed by atoms with Gasteiger partial charge in [0.25, 0.3) is 35.4 Å². The zero-order valence-corrected chi connectivity index (χ0v) is 72.6. The molecule has 31 nitrogen and oxygen atoms in total. The van der Waals surface area contributed by atoms with Crippen molar-refractivity contribution in [2.45, 2.75) is 102 Å². The molecule has 9 heterocycles. The molecule has 125 heavy (non-hydrogen) atoms. The summed E-state index contributed by atoms with van der Waals surface area (Å²) in [4.78, 5) is 113. The summed E-state index contributed by atoms with van der Waals surface area (Å²) in [7, 11) is 14.6. The number of nitrogens with zero attached hydrogens (tertiary/aromatic N) is 12. The smallest absolute Gasteiger partial charge is 0.258 e. The van der Waals surface area contributed by atoms with Gasteiger partial charge in [0.05, 0.1) is 133 Å². The second-order valence-corrected chi connectivity index (χ2v) is 31.8. The van der Waals surface area contributed by atoms with Crippen LogP contribution in [0.2, 0.25) is 15.1 Å². The highest BCUT2D eigenvalue weighted by Gasteiger charge is 2.40. The first-order valence-electron chi connectivity index (χ1n) is 39.9. The molecule has 6 aromatic carbocycles. The highest BCUT2D eigenvalue weighted by molar-refractivity contribution is 6.32. The second-order valence-electron chi connectivity index (χ2n) is 30.6. The van der Waals surface area contributed by atoms with E-state index in [2.05, 4.69) is 66.7 Å². The van der Waals surface area contributed by atoms with Crippen LogP contribution < -0.4 is 60.3 Å². The van der Waals surface area contributed by atoms with Gasteiger partial charge in [0.15, 0.2) is 0 Å². The van der Waals surface area contributed by atoms with Gasteiger partial charge in [0.2, 0.25) is 35.5 Å². The normalized spacial score (nSPS) is 20.4. The van der Waals surface area contributed by atoms with Crippen molar-refractivity contribution in [3.05, 3.63) is 192 Å². The molecular formula is C86H92Cl3F5N18O13. The Bertz CT molecular complexity index is 5620. The Kier molecular flexibility index (Phi) is 28.3. The van der Waals surface area contributed by atoms with Crippen molar-refractivity contribution < 1.29 is 83.9 Å². The maximum absolute atomic E-state index is 15.3. The number of likely N-dealkylation sites (N-methyl/N-ethyl adjacent to an activating group) is 1. The summed E-state index contributed by atoms with van der Waals surface area (Å²) in [5, 5.41) is 17.0. The maximum Gasteiger partial charge on any atom is 0.258 e. The number of hydrogen-bond donors (Lipinski definition) is 6. The van der Waals surface area contributed by atoms with E-state index in [0.29, 0.717) is 61.3 Å². The average Bonchev–Trinajstić information content (AvgIpc) is 1.63. The summed E-state index contributed by atoms with van der Waals surface area (Å²) in [6.07, 6.45) is 2.70. The summed E-state index contributed by atoms with van der Waals surface area (Å²) in [6.45, 7) is 11.5. The maximum atomic E-state index is 15.3. The fraction of sp³-hybridized carbons (Fsp3) is 0.372. The number of hydrogen-bond acceptors (Lipinski definition) is 25. The third-order valence-corrected chi connectivity index (χ3v) is 23.6. The first-order valence-corrected chi connectivity index (χ1v) is 41.0. The van der Waals surface area contributed by atoms with Crippen LogP contribution >= 0.6 is 34.8 Å². The first kappa shape index (κ1) is 90.7. The van der Waals surface area contributed by atoms with Gasteiger partial charge in [-0.25, -0.2) is 36.9 Å². The Hall–Kier alpha value is -12.1. The number of carbonyl (C=O) groups excluding carboxylic acids is 6. The van der Waals surface area contributed by atoms with Gasteiger partial charge in [-0.15, -0.1) is 0 Å². The van der Waals surface area contributed by atoms with E-state index in [1.165, 1.54) is 58.1 Å². The Balaban J connectivity index is 0.000000161. The minimum Gasteiger partial charge on any atom is -0.495 e. The lowest BCUT2D eigenvalue weighted by Gasteiger charge is -2.36. The van der Waals surface area contributed by atoms with Gasteiger partial charge < -0.3 is 94.5 Å². The van der Waals surface area contributed by atoms with Crippen LogP contribution in [0.4, 0.5) is 56.9 Å². The van der Waals surface area contributed by atoms with Gasteiger partial charge in [0, 0.05) is 79.2 Å². The van der Waals surface area contributed by atoms with Crippen LogP contribution in [-0.2, 0) is 4.74 Å². The molecule has 6 aliphatic rings. The van der Waals surface area contributed by atoms with Crippen LogP contribution in [0.1, 0.15) is 144 Å². The molecule has 15 rings (SSSR count). The van der Waals surface area contributed by atoms with E-state index in [9.17, 15) is 37.5 Å². The number of piperidine rings is 3. The molecule has 6 amide bonds. The summed E-state index contributed by atoms with van der Waals surface area (Å²) in [6, 6.07) is 20.9. The van der Waals surface area contributed by atoms with E-state index in [-0.39, 0.29) is 174 Å². The largest absolute Gasteiger partial charge is 0.495 e. The second kappa shape index (κ2) is 39.0. The van der Waals surface area contributed by atoms with Crippen LogP contribution in [0.3, 0.4) is 0 Å². The van der Waals surface area contributed by atoms with E-state index >= 15 is 13.2 Å². The van der Waals surface area contributed by atoms with E-state index in [1.807, 2.05) is 62.7 Å². The minimum atomic E-state index is -1.26. The molecule has 9 atom stereocenters. The zero-order chi connectivity index (χ0) is 89.7. The van der Waals surface area contributed by atoms with Crippen LogP contribution in [-0.4, -0.2) is 241 Å². The van der Waals surface area contributed by atoms with Crippen molar-refractivity contribution in [2.24, 2.45) is 0 Å². The number of amides is 6. The quantitative estimate of drug-likeness (QED) is 0.0324. The third kappa shape index (κ3) is 19.7. The molecule has 0 radical (unpaired) electrons. The fourth-order valence-electron chi connectivity index (χ4n) is 15.3. The number of likely N-dealkylation sites (tertiary alicyclic amines) is 3. The molecule has 0 unspecified atom stereocenters. The molecule has 0 saturated carbocycles. The fourth-order valence-corrected chi connectivity index (χ4v) is 15.7. The lowest BCUT2D eigenvalue weighted by atomic mass is 10.0. The topological polar surface area (TPSA) is 336 Å². The highest BCUT2D eigenvalue weighted by atomic mass is 35.5. The van der Waals surface area contributed by atoms with Crippen LogP contribution in [0.5, 0.6) is 52.1 Å². The zero-order valence-electron chi connectivity index (χ0n) is 70.4. The number of alkyl halides is 2. The summed E-state index contributed by atoms with van der Waals surface area (Å²) >= 11 is 18.9. The van der Waals surface area contributed by atoms with E-state index in [0.717, 1.165) is 48.0 Å². The predicted octanol–water partition coefficient (Wildman–Crippen LogP) is 14.3. The molecule has 0 bridgehead atoms. The summed E-state index contributed by atoms with van der Waals surface area (Å²) in [5.74, 6) is -3.76. The lowest BCUT2D eigenvalue weighted by Crippen LogP contribution is -2.53. The molecule has 0 spiro atoms. The molecule has 39 heteroatoms. The SMILES string of the molecule is CCN1CC[C@H](NC(=O)c2cc(OC)c(Nc3ncc(Cl)c(Oc4cccc5c4C(=O)N(C)[C@H]5C)n3)cc2F)[C@H](F)C1.COc1cc(C(=O)N[C@@H]2CCN(C)C[C@@H]2OC)c(F)cc1Nc1ncc(Cl)c(Oc2cccc3c2C(=O)N(C)[C@@H]3C)n1.COc1cc(C(=O)N[C@H]2CCN(C)C[C@H]2F)c(F)cc1Nc1ncc(Cl)c(Oc2cccc3c2C(=O)N(C)[C@@H]3C)n1. The Morgan fingerprint density at radius 3 is 1.09 bits per heavy atom. The van der Waals surface area contributed by atoms with Crippen molar-refractivity contribution in [1.29, 1.82) is 0 Å². The Morgan fingerprint density at radius 2 is 0.768 bits per heavy atom. The number of halogens is 8. The van der Waals surface area contributed by atoms with Gasteiger partial charge >= 0.3 is 0 Å². The van der Waals surface area contributed by atoms with Gasteiger partial charge in [-0.3, -0.25) is 28.8 Å². The van der Waals surface area contributed by atoms with Gasteiger partial charge in [0.1, 0.15) is 79.4 Å². The van der Waals surface area contributed by atoms with E-state index in [4.69, 9.17) is 68.0 Å². The number of fused-ring (bicyclic) bond motifs is 3. The molecule has 3 fully saturated rings. The molecule has 3 aromatic heterocycles. The number of rotatable bonds is 23. The van der Waals surface area contributed by atoms with Crippen molar-refractivity contribution in [3.63, 3.8) is 0 Å². The van der Waals surface area contributed by atoms with Crippen LogP contribution in [0, 0.1) is 17.5 Å². The number of anilines is 6. The molecule has 6 N–H and O–H groups in total. The summed E-state index contributed by atoms with van der Waals surface area (Å²) in [5.41, 5.74) is 3.44. The molecule has 6 aliphatic heterocycles. The van der Waals surface area contributed by atoms with Gasteiger partial charge in [-0.05, 0) is 120 Å². The standard InChI is InChI=1S/C29H31ClF2N6O4.C29H32ClFN6O5.C28H29ClF2N6O4/c1-5-38-10-9-21(20(32)14-38)34-26(39)17-11-24(41-4)22(12-19(17)31)35-29-33-13-18(30)27(36-29)42-23-8-6-7-16-15(2)37(3)28(40)25(16)23;1-15-16-7-6-8-22(25(16)28(39)37(15)3)42-27-18(30)13-32-29(35-27)34-21-12-19(31)17(11-23(21)40-4)26(38)33-20-9-10-36(2)14-24(20)41-5;1-14-15-6-5-7-22(24(15)27(39)37(14)3)41-26-17(29)12-32-28(35-26)34-21-11-18(30)16(10-23(21)40-4)25(38)33-20-8-9-36(2)13-19(20)31/h6-8,11-13,15,20-21H,5,9-10,14H2,1-4H3,(H,34,39)(H,33,35,36);6-8,11-13,15,20,24H,9-10,14H2,1-5H3,(H,33,38)(H,32,34,35);5-7,10-12,14,19-20H,8-9,13H2,1-4H3,(H,33,38)(H,32,34,35)/t15-,20+,21-;15-,20-,24+;14-,19-,20+/m011/s1.